The highest BCUT2D eigenvalue weighted by Crippen LogP contribution is 2.20. The number of thiophene rings is 1. The van der Waals surface area contributed by atoms with Gasteiger partial charge in [0.2, 0.25) is 5.91 Å². The number of carbonyl (C=O) groups is 1. The van der Waals surface area contributed by atoms with E-state index in [0.717, 1.165) is 9.35 Å². The van der Waals surface area contributed by atoms with E-state index in [1.165, 1.54) is 0 Å². The number of carbonyl (C=O) groups excluding carboxylic acids is 1. The molecule has 0 fully saturated rings. The first kappa shape index (κ1) is 12.9. The lowest BCUT2D eigenvalue weighted by Gasteiger charge is -1.99. The van der Waals surface area contributed by atoms with Gasteiger partial charge >= 0.3 is 0 Å². The Morgan fingerprint density at radius 1 is 1.69 bits per heavy atom. The molecule has 1 aromatic heterocycles. The van der Waals surface area contributed by atoms with E-state index in [-0.39, 0.29) is 24.9 Å². The second-order valence-electron chi connectivity index (χ2n) is 2.24. The van der Waals surface area contributed by atoms with Crippen molar-refractivity contribution in [2.75, 3.05) is 6.54 Å². The van der Waals surface area contributed by atoms with E-state index >= 15 is 0 Å². The van der Waals surface area contributed by atoms with Crippen LogP contribution in [0.25, 0.3) is 0 Å². The Balaban J connectivity index is 0.00000144. The average Bonchev–Trinajstić information content (AvgIpc) is 2.47. The van der Waals surface area contributed by atoms with Crippen LogP contribution in [0.1, 0.15) is 5.56 Å². The fourth-order valence-electron chi connectivity index (χ4n) is 0.711. The molecular weight excluding hydrogens is 276 g/mol. The van der Waals surface area contributed by atoms with Gasteiger partial charge in [-0.3, -0.25) is 4.79 Å². The lowest BCUT2D eigenvalue weighted by Crippen LogP contribution is -2.29. The minimum atomic E-state index is -0.127. The Kier molecular flexibility index (Phi) is 6.32. The Bertz CT molecular complexity index is 279. The van der Waals surface area contributed by atoms with Crippen LogP contribution in [-0.4, -0.2) is 12.5 Å². The SMILES string of the molecule is Cl.NCC(=O)NCc1csc(Br)c1. The van der Waals surface area contributed by atoms with E-state index in [9.17, 15) is 4.79 Å². The Morgan fingerprint density at radius 3 is 2.85 bits per heavy atom. The van der Waals surface area contributed by atoms with Crippen molar-refractivity contribution in [2.24, 2.45) is 5.73 Å². The smallest absolute Gasteiger partial charge is 0.234 e. The summed E-state index contributed by atoms with van der Waals surface area (Å²) in [6.07, 6.45) is 0. The van der Waals surface area contributed by atoms with Gasteiger partial charge in [0.05, 0.1) is 10.3 Å². The van der Waals surface area contributed by atoms with Gasteiger partial charge in [-0.05, 0) is 32.9 Å². The van der Waals surface area contributed by atoms with Crippen LogP contribution in [0.15, 0.2) is 15.2 Å². The molecule has 0 bridgehead atoms. The molecule has 1 rings (SSSR count). The molecule has 3 nitrogen and oxygen atoms in total. The van der Waals surface area contributed by atoms with Gasteiger partial charge in [-0.2, -0.15) is 0 Å². The highest BCUT2D eigenvalue weighted by atomic mass is 79.9. The molecule has 0 saturated carbocycles. The first-order valence-corrected chi connectivity index (χ1v) is 5.09. The number of hydrogen-bond donors (Lipinski definition) is 2. The summed E-state index contributed by atoms with van der Waals surface area (Å²) in [6, 6.07) is 1.97. The quantitative estimate of drug-likeness (QED) is 0.884. The molecule has 6 heteroatoms. The molecule has 0 atom stereocenters. The molecule has 74 valence electrons. The summed E-state index contributed by atoms with van der Waals surface area (Å²) in [6.45, 7) is 0.601. The number of hydrogen-bond acceptors (Lipinski definition) is 3. The van der Waals surface area contributed by atoms with Crippen molar-refractivity contribution in [3.63, 3.8) is 0 Å². The van der Waals surface area contributed by atoms with Gasteiger partial charge in [0.25, 0.3) is 0 Å². The molecule has 0 aliphatic heterocycles. The zero-order valence-corrected chi connectivity index (χ0v) is 9.97. The maximum atomic E-state index is 10.7. The van der Waals surface area contributed by atoms with Gasteiger partial charge in [-0.1, -0.05) is 0 Å². The molecule has 1 aromatic rings. The molecule has 0 saturated heterocycles. The number of halogens is 2. The minimum absolute atomic E-state index is 0. The highest BCUT2D eigenvalue weighted by molar-refractivity contribution is 9.11. The maximum Gasteiger partial charge on any atom is 0.234 e. The molecule has 0 aliphatic rings. The highest BCUT2D eigenvalue weighted by Gasteiger charge is 1.99. The molecular formula is C7H10BrClN2OS. The van der Waals surface area contributed by atoms with Crippen LogP contribution in [0.2, 0.25) is 0 Å². The van der Waals surface area contributed by atoms with Crippen molar-refractivity contribution >= 4 is 45.6 Å². The van der Waals surface area contributed by atoms with E-state index in [2.05, 4.69) is 21.2 Å². The van der Waals surface area contributed by atoms with Gasteiger partial charge in [0.1, 0.15) is 0 Å². The van der Waals surface area contributed by atoms with E-state index in [4.69, 9.17) is 5.73 Å². The molecule has 0 aliphatic carbocycles. The van der Waals surface area contributed by atoms with E-state index in [0.29, 0.717) is 6.54 Å². The number of rotatable bonds is 3. The first-order valence-electron chi connectivity index (χ1n) is 3.42. The van der Waals surface area contributed by atoms with Crippen LogP contribution in [0.3, 0.4) is 0 Å². The van der Waals surface area contributed by atoms with Crippen LogP contribution >= 0.6 is 39.7 Å². The van der Waals surface area contributed by atoms with Crippen molar-refractivity contribution in [3.8, 4) is 0 Å². The summed E-state index contributed by atoms with van der Waals surface area (Å²) >= 11 is 4.94. The Morgan fingerprint density at radius 2 is 2.38 bits per heavy atom. The average molecular weight is 286 g/mol. The van der Waals surface area contributed by atoms with Crippen molar-refractivity contribution in [1.29, 1.82) is 0 Å². The molecule has 0 aromatic carbocycles. The predicted octanol–water partition coefficient (Wildman–Crippen LogP) is 1.51. The van der Waals surface area contributed by atoms with Crippen molar-refractivity contribution in [2.45, 2.75) is 6.54 Å². The second kappa shape index (κ2) is 6.37. The van der Waals surface area contributed by atoms with Crippen molar-refractivity contribution < 1.29 is 4.79 Å². The largest absolute Gasteiger partial charge is 0.351 e. The van der Waals surface area contributed by atoms with Gasteiger partial charge in [0.15, 0.2) is 0 Å². The second-order valence-corrected chi connectivity index (χ2v) is 4.53. The molecule has 1 heterocycles. The van der Waals surface area contributed by atoms with Gasteiger partial charge in [0, 0.05) is 6.54 Å². The zero-order chi connectivity index (χ0) is 8.97. The van der Waals surface area contributed by atoms with Crippen molar-refractivity contribution in [1.82, 2.24) is 5.32 Å². The number of amides is 1. The van der Waals surface area contributed by atoms with E-state index in [1.807, 2.05) is 11.4 Å². The molecule has 0 spiro atoms. The molecule has 0 unspecified atom stereocenters. The summed E-state index contributed by atoms with van der Waals surface area (Å²) in [5, 5.41) is 4.67. The fourth-order valence-corrected chi connectivity index (χ4v) is 1.92. The van der Waals surface area contributed by atoms with Gasteiger partial charge < -0.3 is 11.1 Å². The first-order chi connectivity index (χ1) is 5.72. The lowest BCUT2D eigenvalue weighted by atomic mass is 10.3. The van der Waals surface area contributed by atoms with Crippen LogP contribution in [0.4, 0.5) is 0 Å². The van der Waals surface area contributed by atoms with Crippen molar-refractivity contribution in [3.05, 3.63) is 20.8 Å². The summed E-state index contributed by atoms with van der Waals surface area (Å²) in [5.41, 5.74) is 6.21. The fraction of sp³-hybridized carbons (Fsp3) is 0.286. The Labute approximate surface area is 95.2 Å². The van der Waals surface area contributed by atoms with Crippen LogP contribution in [0, 0.1) is 0 Å². The van der Waals surface area contributed by atoms with Gasteiger partial charge in [-0.15, -0.1) is 23.7 Å². The minimum Gasteiger partial charge on any atom is -0.351 e. The van der Waals surface area contributed by atoms with E-state index in [1.54, 1.807) is 11.3 Å². The standard InChI is InChI=1S/C7H9BrN2OS.ClH/c8-6-1-5(4-12-6)3-10-7(11)2-9;/h1,4H,2-3,9H2,(H,10,11);1H. The molecule has 3 N–H and O–H groups in total. The molecule has 13 heavy (non-hydrogen) atoms. The summed E-state index contributed by atoms with van der Waals surface area (Å²) < 4.78 is 1.07. The third-order valence-corrected chi connectivity index (χ3v) is 2.85. The Hall–Kier alpha value is -0.100. The third-order valence-electron chi connectivity index (χ3n) is 1.30. The van der Waals surface area contributed by atoms with Gasteiger partial charge in [-0.25, -0.2) is 0 Å². The normalized spacial score (nSPS) is 9.08. The third kappa shape index (κ3) is 4.61. The molecule has 1 amide bonds. The zero-order valence-electron chi connectivity index (χ0n) is 6.75. The van der Waals surface area contributed by atoms with Crippen LogP contribution in [0.5, 0.6) is 0 Å². The summed E-state index contributed by atoms with van der Waals surface area (Å²) in [5.74, 6) is -0.127. The monoisotopic (exact) mass is 284 g/mol. The molecule has 0 radical (unpaired) electrons. The number of nitrogens with one attached hydrogen (secondary N) is 1. The summed E-state index contributed by atoms with van der Waals surface area (Å²) in [7, 11) is 0. The predicted molar refractivity (Wildman–Crippen MR) is 60.2 cm³/mol. The van der Waals surface area contributed by atoms with Crippen LogP contribution in [-0.2, 0) is 11.3 Å². The topological polar surface area (TPSA) is 55.1 Å². The summed E-state index contributed by atoms with van der Waals surface area (Å²) in [4.78, 5) is 10.7. The maximum absolute atomic E-state index is 10.7. The van der Waals surface area contributed by atoms with Crippen LogP contribution < -0.4 is 11.1 Å². The lowest BCUT2D eigenvalue weighted by molar-refractivity contribution is -0.119. The number of nitrogens with two attached hydrogens (primary N) is 1. The van der Waals surface area contributed by atoms with E-state index < -0.39 is 0 Å².